The van der Waals surface area contributed by atoms with Crippen molar-refractivity contribution in [1.82, 2.24) is 4.90 Å². The number of hydrogen-bond acceptors (Lipinski definition) is 8. The summed E-state index contributed by atoms with van der Waals surface area (Å²) in [4.78, 5) is 2.38. The second-order valence-electron chi connectivity index (χ2n) is 11.9. The van der Waals surface area contributed by atoms with Crippen molar-refractivity contribution in [3.05, 3.63) is 0 Å². The molecule has 33 heavy (non-hydrogen) atoms. The van der Waals surface area contributed by atoms with Crippen LogP contribution in [0, 0.1) is 34.5 Å². The third-order valence-corrected chi connectivity index (χ3v) is 11.5. The molecular formula is C25H41NO7. The highest BCUT2D eigenvalue weighted by molar-refractivity contribution is 5.41. The van der Waals surface area contributed by atoms with E-state index < -0.39 is 34.7 Å². The molecule has 0 aromatic carbocycles. The quantitative estimate of drug-likeness (QED) is 0.512. The number of aliphatic hydroxyl groups is 3. The first kappa shape index (κ1) is 23.1. The molecule has 0 aromatic heterocycles. The molecular weight excluding hydrogens is 426 g/mol. The van der Waals surface area contributed by atoms with Gasteiger partial charge in [-0.25, -0.2) is 0 Å². The average molecular weight is 468 g/mol. The molecule has 6 fully saturated rings. The van der Waals surface area contributed by atoms with Gasteiger partial charge >= 0.3 is 0 Å². The van der Waals surface area contributed by atoms with Crippen molar-refractivity contribution in [2.75, 3.05) is 48.1 Å². The van der Waals surface area contributed by atoms with E-state index in [2.05, 4.69) is 11.8 Å². The minimum Gasteiger partial charge on any atom is -0.392 e. The number of likely N-dealkylation sites (tertiary alicyclic amines) is 1. The highest BCUT2D eigenvalue weighted by Gasteiger charge is 2.91. The molecule has 5 aliphatic carbocycles. The summed E-state index contributed by atoms with van der Waals surface area (Å²) >= 11 is 0. The van der Waals surface area contributed by atoms with Crippen molar-refractivity contribution < 1.29 is 34.3 Å². The Bertz CT molecular complexity index is 814. The lowest BCUT2D eigenvalue weighted by molar-refractivity contribution is -0.318. The number of nitrogens with zero attached hydrogens (tertiary/aromatic N) is 1. The van der Waals surface area contributed by atoms with Crippen LogP contribution in [0.1, 0.15) is 32.6 Å². The molecule has 7 bridgehead atoms. The van der Waals surface area contributed by atoms with E-state index in [4.69, 9.17) is 18.9 Å². The molecule has 6 rings (SSSR count). The summed E-state index contributed by atoms with van der Waals surface area (Å²) in [5.41, 5.74) is -3.70. The second kappa shape index (κ2) is 7.13. The topological polar surface area (TPSA) is 101 Å². The number of aliphatic hydroxyl groups excluding tert-OH is 1. The van der Waals surface area contributed by atoms with Crippen LogP contribution < -0.4 is 0 Å². The van der Waals surface area contributed by atoms with Gasteiger partial charge in [-0.15, -0.1) is 0 Å². The molecule has 1 spiro atoms. The van der Waals surface area contributed by atoms with Gasteiger partial charge in [-0.1, -0.05) is 6.92 Å². The Hall–Kier alpha value is -0.320. The Balaban J connectivity index is 1.68. The molecule has 1 aliphatic heterocycles. The Morgan fingerprint density at radius 3 is 2.42 bits per heavy atom. The Morgan fingerprint density at radius 2 is 1.82 bits per heavy atom. The number of hydrogen-bond donors (Lipinski definition) is 3. The van der Waals surface area contributed by atoms with Gasteiger partial charge in [0.2, 0.25) is 0 Å². The molecule has 3 N–H and O–H groups in total. The van der Waals surface area contributed by atoms with Crippen molar-refractivity contribution in [1.29, 1.82) is 0 Å². The number of methoxy groups -OCH3 is 4. The first-order valence-electron chi connectivity index (χ1n) is 12.7. The third kappa shape index (κ3) is 2.20. The zero-order valence-corrected chi connectivity index (χ0v) is 20.6. The van der Waals surface area contributed by atoms with Crippen molar-refractivity contribution in [3.63, 3.8) is 0 Å². The molecule has 0 aromatic rings. The largest absolute Gasteiger partial charge is 0.392 e. The molecule has 5 saturated carbocycles. The van der Waals surface area contributed by atoms with Gasteiger partial charge in [-0.05, 0) is 31.7 Å². The van der Waals surface area contributed by atoms with E-state index in [1.807, 2.05) is 0 Å². The first-order chi connectivity index (χ1) is 15.8. The number of rotatable bonds is 6. The van der Waals surface area contributed by atoms with Crippen LogP contribution in [0.5, 0.6) is 0 Å². The van der Waals surface area contributed by atoms with Crippen molar-refractivity contribution in [2.24, 2.45) is 34.5 Å². The lowest BCUT2D eigenvalue weighted by Crippen LogP contribution is -2.82. The van der Waals surface area contributed by atoms with Crippen molar-refractivity contribution in [2.45, 2.75) is 74.3 Å². The molecule has 0 amide bonds. The van der Waals surface area contributed by atoms with Gasteiger partial charge < -0.3 is 34.3 Å². The fourth-order valence-corrected chi connectivity index (χ4v) is 11.0. The highest BCUT2D eigenvalue weighted by atomic mass is 16.5. The van der Waals surface area contributed by atoms with Gasteiger partial charge in [0.25, 0.3) is 0 Å². The SMILES string of the molecule is CCN1C[C@]2(COC)CC[C@@H](OC)[C@@]34[C@@H]5C[C@H]6[C@H](O)[C@@H]5[C@](O)(C[C@@H]6OC)[C@@](O)([C@@H](OC)[C@H]23)[C@@H]14. The van der Waals surface area contributed by atoms with Gasteiger partial charge in [0.1, 0.15) is 11.2 Å². The van der Waals surface area contributed by atoms with Crippen LogP contribution in [0.25, 0.3) is 0 Å². The minimum absolute atomic E-state index is 0.00825. The Morgan fingerprint density at radius 1 is 1.06 bits per heavy atom. The predicted molar refractivity (Wildman–Crippen MR) is 119 cm³/mol. The van der Waals surface area contributed by atoms with Crippen molar-refractivity contribution >= 4 is 0 Å². The smallest absolute Gasteiger partial charge is 0.136 e. The van der Waals surface area contributed by atoms with Gasteiger partial charge in [-0.3, -0.25) is 4.90 Å². The third-order valence-electron chi connectivity index (χ3n) is 11.5. The monoisotopic (exact) mass is 467 g/mol. The van der Waals surface area contributed by atoms with E-state index in [1.54, 1.807) is 28.4 Å². The maximum atomic E-state index is 12.9. The minimum atomic E-state index is -1.55. The van der Waals surface area contributed by atoms with E-state index in [-0.39, 0.29) is 41.4 Å². The number of likely N-dealkylation sites (N-methyl/N-ethyl adjacent to an activating group) is 1. The average Bonchev–Trinajstić information content (AvgIpc) is 3.16. The van der Waals surface area contributed by atoms with Gasteiger partial charge in [0, 0.05) is 70.0 Å². The highest BCUT2D eigenvalue weighted by Crippen LogP contribution is 2.80. The first-order valence-corrected chi connectivity index (χ1v) is 12.7. The maximum absolute atomic E-state index is 12.9. The van der Waals surface area contributed by atoms with Crippen LogP contribution in [-0.4, -0.2) is 110 Å². The molecule has 0 unspecified atom stereocenters. The van der Waals surface area contributed by atoms with Crippen LogP contribution >= 0.6 is 0 Å². The number of fused-ring (bicyclic) bond motifs is 2. The lowest BCUT2D eigenvalue weighted by Gasteiger charge is -2.70. The van der Waals surface area contributed by atoms with Crippen LogP contribution in [0.4, 0.5) is 0 Å². The number of ether oxygens (including phenoxy) is 4. The summed E-state index contributed by atoms with van der Waals surface area (Å²) < 4.78 is 24.2. The van der Waals surface area contributed by atoms with Crippen molar-refractivity contribution in [3.8, 4) is 0 Å². The summed E-state index contributed by atoms with van der Waals surface area (Å²) in [5, 5.41) is 37.1. The standard InChI is InChI=1S/C25H41NO7/c1-6-26-11-22(12-30-2)8-7-16(32-4)24-14-9-13-15(31-3)10-23(28,17(14)18(13)27)25(29,21(24)26)20(33-5)19(22)24/h13-21,27-29H,6-12H2,1-5H3/t13-,14-,15+,16-,17-,18+,19-,20+,21+,22+,23-,24+,25-/m1/s1. The van der Waals surface area contributed by atoms with Crippen LogP contribution in [0.15, 0.2) is 0 Å². The molecule has 0 radical (unpaired) electrons. The predicted octanol–water partition coefficient (Wildman–Crippen LogP) is 0.271. The molecule has 1 heterocycles. The van der Waals surface area contributed by atoms with E-state index in [9.17, 15) is 15.3 Å². The van der Waals surface area contributed by atoms with E-state index in [0.29, 0.717) is 13.0 Å². The van der Waals surface area contributed by atoms with Crippen LogP contribution in [-0.2, 0) is 18.9 Å². The fourth-order valence-electron chi connectivity index (χ4n) is 11.0. The Kier molecular flexibility index (Phi) is 4.99. The van der Waals surface area contributed by atoms with E-state index >= 15 is 0 Å². The van der Waals surface area contributed by atoms with Gasteiger partial charge in [0.05, 0.1) is 37.1 Å². The molecule has 13 atom stereocenters. The maximum Gasteiger partial charge on any atom is 0.136 e. The van der Waals surface area contributed by atoms with Crippen LogP contribution in [0.2, 0.25) is 0 Å². The zero-order chi connectivity index (χ0) is 23.6. The lowest BCUT2D eigenvalue weighted by atomic mass is 9.42. The Labute approximate surface area is 196 Å². The summed E-state index contributed by atoms with van der Waals surface area (Å²) in [6.45, 7) is 4.28. The van der Waals surface area contributed by atoms with E-state index in [1.165, 1.54) is 0 Å². The van der Waals surface area contributed by atoms with Gasteiger partial charge in [-0.2, -0.15) is 0 Å². The number of piperidine rings is 1. The summed E-state index contributed by atoms with van der Waals surface area (Å²) in [5.74, 6) is -0.492. The molecule has 6 aliphatic rings. The zero-order valence-electron chi connectivity index (χ0n) is 20.6. The van der Waals surface area contributed by atoms with Crippen LogP contribution in [0.3, 0.4) is 0 Å². The normalized spacial score (nSPS) is 60.9. The second-order valence-corrected chi connectivity index (χ2v) is 11.9. The van der Waals surface area contributed by atoms with E-state index in [0.717, 1.165) is 32.4 Å². The molecule has 188 valence electrons. The summed E-state index contributed by atoms with van der Waals surface area (Å²) in [7, 11) is 6.85. The fraction of sp³-hybridized carbons (Fsp3) is 1.00. The summed E-state index contributed by atoms with van der Waals surface area (Å²) in [6, 6.07) is -0.312. The molecule has 8 heteroatoms. The molecule has 8 nitrogen and oxygen atoms in total. The molecule has 1 saturated heterocycles. The summed E-state index contributed by atoms with van der Waals surface area (Å²) in [6.07, 6.45) is 1.21. The van der Waals surface area contributed by atoms with Gasteiger partial charge in [0.15, 0.2) is 0 Å².